The monoisotopic (exact) mass is 226 g/mol. The Balaban J connectivity index is 3.11. The van der Waals surface area contributed by atoms with E-state index in [1.165, 1.54) is 18.2 Å². The highest BCUT2D eigenvalue weighted by Gasteiger charge is 2.17. The minimum atomic E-state index is -0.608. The van der Waals surface area contributed by atoms with Crippen molar-refractivity contribution < 1.29 is 14.1 Å². The molecular weight excluding hydrogens is 213 g/mol. The Morgan fingerprint density at radius 2 is 2.31 bits per heavy atom. The number of nitrogens with zero attached hydrogens (tertiary/aromatic N) is 1. The first-order chi connectivity index (χ1) is 7.60. The number of nitro benzene ring substituents is 1. The number of alkyl halides is 1. The largest absolute Gasteiger partial charge is 0.487 e. The second kappa shape index (κ2) is 5.44. The fraction of sp³-hybridized carbons (Fsp3) is 0.364. The predicted octanol–water partition coefficient (Wildman–Crippen LogP) is 2.88. The Labute approximate surface area is 93.2 Å². The third-order valence-corrected chi connectivity index (χ3v) is 2.14. The Kier molecular flexibility index (Phi) is 4.22. The first-order valence-corrected chi connectivity index (χ1v) is 4.90. The van der Waals surface area contributed by atoms with E-state index in [9.17, 15) is 14.5 Å². The smallest absolute Gasteiger partial charge is 0.310 e. The molecule has 0 aromatic heterocycles. The Hall–Kier alpha value is -1.65. The maximum Gasteiger partial charge on any atom is 0.310 e. The summed E-state index contributed by atoms with van der Waals surface area (Å²) in [5.74, 6) is -0.368. The highest BCUT2D eigenvalue weighted by Crippen LogP contribution is 2.30. The van der Waals surface area contributed by atoms with Crippen LogP contribution in [0.3, 0.4) is 0 Å². The van der Waals surface area contributed by atoms with Crippen LogP contribution in [0.25, 0.3) is 0 Å². The minimum Gasteiger partial charge on any atom is -0.487 e. The minimum absolute atomic E-state index is 0.114. The molecule has 0 fully saturated rings. The van der Waals surface area contributed by atoms with Crippen molar-refractivity contribution in [2.45, 2.75) is 12.8 Å². The van der Waals surface area contributed by atoms with Gasteiger partial charge in [-0.2, -0.15) is 0 Å². The third-order valence-electron chi connectivity index (χ3n) is 2.14. The van der Waals surface area contributed by atoms with Gasteiger partial charge in [-0.25, -0.2) is 0 Å². The van der Waals surface area contributed by atoms with Crippen molar-refractivity contribution in [1.82, 2.24) is 0 Å². The average Bonchev–Trinajstić information content (AvgIpc) is 2.28. The van der Waals surface area contributed by atoms with Gasteiger partial charge in [-0.05, 0) is 25.5 Å². The molecule has 16 heavy (non-hydrogen) atoms. The van der Waals surface area contributed by atoms with Crippen LogP contribution >= 0.6 is 0 Å². The van der Waals surface area contributed by atoms with E-state index in [4.69, 9.17) is 4.74 Å². The zero-order valence-corrected chi connectivity index (χ0v) is 8.98. The van der Waals surface area contributed by atoms with Crippen LogP contribution in [0.2, 0.25) is 0 Å². The quantitative estimate of drug-likeness (QED) is 0.573. The second-order valence-electron chi connectivity index (χ2n) is 3.27. The van der Waals surface area contributed by atoms with Crippen LogP contribution in [0.4, 0.5) is 10.1 Å². The molecule has 0 amide bonds. The van der Waals surface area contributed by atoms with E-state index in [1.54, 1.807) is 6.92 Å². The van der Waals surface area contributed by atoms with Gasteiger partial charge >= 0.3 is 5.69 Å². The van der Waals surface area contributed by atoms with Crippen molar-refractivity contribution in [1.29, 1.82) is 0 Å². The molecule has 1 radical (unpaired) electrons. The fourth-order valence-electron chi connectivity index (χ4n) is 1.30. The summed E-state index contributed by atoms with van der Waals surface area (Å²) in [7, 11) is 0. The summed E-state index contributed by atoms with van der Waals surface area (Å²) in [5.41, 5.74) is 0.480. The molecule has 0 aliphatic heterocycles. The Morgan fingerprint density at radius 1 is 1.62 bits per heavy atom. The van der Waals surface area contributed by atoms with Gasteiger partial charge < -0.3 is 4.74 Å². The van der Waals surface area contributed by atoms with Crippen LogP contribution in [0.15, 0.2) is 18.2 Å². The van der Waals surface area contributed by atoms with Crippen molar-refractivity contribution in [3.05, 3.63) is 40.8 Å². The summed E-state index contributed by atoms with van der Waals surface area (Å²) < 4.78 is 17.6. The van der Waals surface area contributed by atoms with Crippen LogP contribution in [-0.2, 0) is 0 Å². The first kappa shape index (κ1) is 12.4. The van der Waals surface area contributed by atoms with E-state index in [0.29, 0.717) is 12.2 Å². The molecule has 0 heterocycles. The number of nitro groups is 1. The number of ether oxygens (including phenoxy) is 1. The maximum absolute atomic E-state index is 12.4. The van der Waals surface area contributed by atoms with Gasteiger partial charge in [-0.3, -0.25) is 14.5 Å². The normalized spacial score (nSPS) is 12.2. The lowest BCUT2D eigenvalue weighted by atomic mass is 10.0. The summed E-state index contributed by atoms with van der Waals surface area (Å²) in [6, 6.07) is 4.28. The van der Waals surface area contributed by atoms with E-state index in [2.05, 4.69) is 6.92 Å². The maximum atomic E-state index is 12.4. The fourth-order valence-corrected chi connectivity index (χ4v) is 1.30. The van der Waals surface area contributed by atoms with Crippen molar-refractivity contribution >= 4 is 5.69 Å². The van der Waals surface area contributed by atoms with Crippen LogP contribution < -0.4 is 4.74 Å². The van der Waals surface area contributed by atoms with E-state index in [0.717, 1.165) is 0 Å². The van der Waals surface area contributed by atoms with Crippen molar-refractivity contribution in [2.75, 3.05) is 13.3 Å². The third kappa shape index (κ3) is 2.68. The van der Waals surface area contributed by atoms with E-state index in [-0.39, 0.29) is 11.4 Å². The van der Waals surface area contributed by atoms with Crippen LogP contribution in [0, 0.1) is 17.0 Å². The molecule has 1 unspecified atom stereocenters. The van der Waals surface area contributed by atoms with Crippen LogP contribution in [0.5, 0.6) is 5.75 Å². The molecule has 1 atom stereocenters. The molecule has 0 N–H and O–H groups in total. The number of rotatable bonds is 5. The van der Waals surface area contributed by atoms with Gasteiger partial charge in [0.25, 0.3) is 0 Å². The Bertz CT molecular complexity index is 381. The molecule has 0 aliphatic rings. The molecule has 5 heteroatoms. The number of halogens is 1. The molecular formula is C11H13FNO3. The Morgan fingerprint density at radius 3 is 2.81 bits per heavy atom. The SMILES string of the molecule is [CH2]C(CF)c1ccc([N+](=O)[O-])c(OCC)c1. The van der Waals surface area contributed by atoms with Gasteiger partial charge in [0.1, 0.15) is 0 Å². The molecule has 0 spiro atoms. The lowest BCUT2D eigenvalue weighted by Gasteiger charge is -2.10. The zero-order chi connectivity index (χ0) is 12.1. The molecule has 87 valence electrons. The predicted molar refractivity (Wildman–Crippen MR) is 58.3 cm³/mol. The summed E-state index contributed by atoms with van der Waals surface area (Å²) in [5, 5.41) is 10.7. The molecule has 1 aromatic carbocycles. The zero-order valence-electron chi connectivity index (χ0n) is 8.98. The summed E-state index contributed by atoms with van der Waals surface area (Å²) >= 11 is 0. The molecule has 0 saturated carbocycles. The standard InChI is InChI=1S/C11H13FNO3/c1-3-16-11-6-9(8(2)7-12)4-5-10(11)13(14)15/h4-6,8H,2-3,7H2,1H3. The average molecular weight is 226 g/mol. The molecule has 1 aromatic rings. The highest BCUT2D eigenvalue weighted by molar-refractivity contribution is 5.49. The van der Waals surface area contributed by atoms with Gasteiger partial charge in [0.15, 0.2) is 5.75 Å². The van der Waals surface area contributed by atoms with Crippen LogP contribution in [-0.4, -0.2) is 18.2 Å². The first-order valence-electron chi connectivity index (χ1n) is 4.90. The molecule has 4 nitrogen and oxygen atoms in total. The van der Waals surface area contributed by atoms with Crippen molar-refractivity contribution in [3.8, 4) is 5.75 Å². The number of hydrogen-bond acceptors (Lipinski definition) is 3. The van der Waals surface area contributed by atoms with Crippen molar-refractivity contribution in [3.63, 3.8) is 0 Å². The van der Waals surface area contributed by atoms with Crippen molar-refractivity contribution in [2.24, 2.45) is 0 Å². The molecule has 1 rings (SSSR count). The van der Waals surface area contributed by atoms with Crippen LogP contribution in [0.1, 0.15) is 18.4 Å². The molecule has 0 saturated heterocycles. The van der Waals surface area contributed by atoms with E-state index >= 15 is 0 Å². The van der Waals surface area contributed by atoms with Gasteiger partial charge in [0.05, 0.1) is 18.2 Å². The van der Waals surface area contributed by atoms with Gasteiger partial charge in [-0.1, -0.05) is 6.07 Å². The molecule has 0 aliphatic carbocycles. The summed E-state index contributed by atoms with van der Waals surface area (Å²) in [4.78, 5) is 10.2. The number of benzene rings is 1. The lowest BCUT2D eigenvalue weighted by molar-refractivity contribution is -0.385. The lowest BCUT2D eigenvalue weighted by Crippen LogP contribution is -2.01. The van der Waals surface area contributed by atoms with E-state index < -0.39 is 17.5 Å². The highest BCUT2D eigenvalue weighted by atomic mass is 19.1. The molecule has 0 bridgehead atoms. The second-order valence-corrected chi connectivity index (χ2v) is 3.27. The topological polar surface area (TPSA) is 52.4 Å². The summed E-state index contributed by atoms with van der Waals surface area (Å²) in [6.45, 7) is 5.04. The van der Waals surface area contributed by atoms with Gasteiger partial charge in [0, 0.05) is 12.0 Å². The van der Waals surface area contributed by atoms with Gasteiger partial charge in [0.2, 0.25) is 0 Å². The van der Waals surface area contributed by atoms with Gasteiger partial charge in [-0.15, -0.1) is 0 Å². The van der Waals surface area contributed by atoms with E-state index in [1.807, 2.05) is 0 Å². The summed E-state index contributed by atoms with van der Waals surface area (Å²) in [6.07, 6.45) is 0. The number of hydrogen-bond donors (Lipinski definition) is 0.